The molecule has 2 aliphatic heterocycles. The molecule has 0 saturated carbocycles. The number of nitrogens with one attached hydrogen (secondary N) is 2. The van der Waals surface area contributed by atoms with Gasteiger partial charge in [-0.1, -0.05) is 40.2 Å². The van der Waals surface area contributed by atoms with Gasteiger partial charge in [-0.05, 0) is 35.4 Å². The zero-order valence-corrected chi connectivity index (χ0v) is 18.9. The molecule has 3 amide bonds. The van der Waals surface area contributed by atoms with Gasteiger partial charge in [0.2, 0.25) is 5.91 Å². The number of nitrogens with zero attached hydrogens (tertiary/aromatic N) is 2. The van der Waals surface area contributed by atoms with Crippen molar-refractivity contribution in [2.45, 2.75) is 23.5 Å². The zero-order valence-electron chi connectivity index (χ0n) is 16.5. The van der Waals surface area contributed by atoms with E-state index in [1.54, 1.807) is 35.8 Å². The molecule has 30 heavy (non-hydrogen) atoms. The van der Waals surface area contributed by atoms with Gasteiger partial charge in [0.25, 0.3) is 0 Å². The third-order valence-corrected chi connectivity index (χ3v) is 7.32. The van der Waals surface area contributed by atoms with Gasteiger partial charge >= 0.3 is 6.03 Å². The van der Waals surface area contributed by atoms with E-state index in [1.807, 2.05) is 24.3 Å². The van der Waals surface area contributed by atoms with Crippen molar-refractivity contribution in [2.75, 3.05) is 14.1 Å². The molecule has 0 bridgehead atoms. The van der Waals surface area contributed by atoms with Crippen molar-refractivity contribution in [3.63, 3.8) is 0 Å². The van der Waals surface area contributed by atoms with Crippen LogP contribution in [0.3, 0.4) is 0 Å². The molecule has 2 saturated heterocycles. The number of carbonyl (C=O) groups is 2. The second-order valence-corrected chi connectivity index (χ2v) is 9.48. The van der Waals surface area contributed by atoms with Crippen LogP contribution in [0.1, 0.15) is 17.3 Å². The molecular weight excluding hydrogens is 471 g/mol. The minimum Gasteiger partial charge on any atom is -0.311 e. The lowest BCUT2D eigenvalue weighted by Crippen LogP contribution is -2.72. The van der Waals surface area contributed by atoms with Crippen LogP contribution in [0.25, 0.3) is 0 Å². The van der Waals surface area contributed by atoms with E-state index in [1.165, 1.54) is 24.1 Å². The highest BCUT2D eigenvalue weighted by atomic mass is 79.9. The number of rotatable bonds is 4. The molecule has 4 atom stereocenters. The van der Waals surface area contributed by atoms with Crippen molar-refractivity contribution < 1.29 is 14.0 Å². The summed E-state index contributed by atoms with van der Waals surface area (Å²) in [7, 11) is 3.21. The number of fused-ring (bicyclic) bond motifs is 1. The van der Waals surface area contributed by atoms with Gasteiger partial charge in [0.15, 0.2) is 0 Å². The molecule has 4 unspecified atom stereocenters. The third kappa shape index (κ3) is 4.12. The Balaban J connectivity index is 1.61. The molecule has 4 rings (SSSR count). The van der Waals surface area contributed by atoms with E-state index < -0.39 is 12.1 Å². The van der Waals surface area contributed by atoms with Gasteiger partial charge in [0.1, 0.15) is 5.82 Å². The number of hydrogen-bond acceptors (Lipinski definition) is 5. The molecular formula is C21H22BrFN4O2S. The number of carbonyl (C=O) groups excluding carboxylic acids is 2. The van der Waals surface area contributed by atoms with Crippen molar-refractivity contribution in [3.05, 3.63) is 69.9 Å². The van der Waals surface area contributed by atoms with Crippen LogP contribution >= 0.6 is 27.7 Å². The van der Waals surface area contributed by atoms with Crippen molar-refractivity contribution in [1.29, 1.82) is 0 Å². The lowest BCUT2D eigenvalue weighted by atomic mass is 9.96. The van der Waals surface area contributed by atoms with E-state index in [-0.39, 0.29) is 29.3 Å². The molecule has 6 nitrogen and oxygen atoms in total. The van der Waals surface area contributed by atoms with E-state index in [0.29, 0.717) is 5.75 Å². The van der Waals surface area contributed by atoms with Gasteiger partial charge < -0.3 is 4.90 Å². The molecule has 0 radical (unpaired) electrons. The van der Waals surface area contributed by atoms with Crippen LogP contribution in [0, 0.1) is 11.7 Å². The number of hydrogen-bond donors (Lipinski definition) is 2. The Labute approximate surface area is 187 Å². The molecule has 0 aliphatic carbocycles. The molecule has 0 spiro atoms. The minimum absolute atomic E-state index is 0.214. The fourth-order valence-corrected chi connectivity index (χ4v) is 5.35. The summed E-state index contributed by atoms with van der Waals surface area (Å²) < 4.78 is 14.4. The number of thioether (sulfide) groups is 1. The first-order valence-corrected chi connectivity index (χ1v) is 11.4. The molecule has 0 aromatic heterocycles. The van der Waals surface area contributed by atoms with E-state index in [9.17, 15) is 14.0 Å². The van der Waals surface area contributed by atoms with Gasteiger partial charge in [-0.25, -0.2) is 9.18 Å². The second-order valence-electron chi connectivity index (χ2n) is 7.44. The average Bonchev–Trinajstić information content (AvgIpc) is 2.75. The summed E-state index contributed by atoms with van der Waals surface area (Å²) in [6.07, 6.45) is -0.777. The standard InChI is InChI=1S/C21H22BrFN4O2S/c1-26-18-16(20(28)27(2)21(26)29)19(30-11-12-3-7-14(22)8-4-12)25-17(24-18)13-5-9-15(23)10-6-13/h3-10,16-19,24-25H,11H2,1-2H3. The van der Waals surface area contributed by atoms with Crippen LogP contribution in [0.5, 0.6) is 0 Å². The number of halogens is 2. The highest BCUT2D eigenvalue weighted by Gasteiger charge is 2.50. The predicted molar refractivity (Wildman–Crippen MR) is 118 cm³/mol. The van der Waals surface area contributed by atoms with Crippen molar-refractivity contribution in [2.24, 2.45) is 5.92 Å². The van der Waals surface area contributed by atoms with Crippen LogP contribution in [0.15, 0.2) is 53.0 Å². The van der Waals surface area contributed by atoms with E-state index in [0.717, 1.165) is 15.6 Å². The summed E-state index contributed by atoms with van der Waals surface area (Å²) in [5.74, 6) is -0.266. The van der Waals surface area contributed by atoms with Crippen molar-refractivity contribution in [1.82, 2.24) is 20.4 Å². The second kappa shape index (κ2) is 8.66. The monoisotopic (exact) mass is 492 g/mol. The Morgan fingerprint density at radius 1 is 1.03 bits per heavy atom. The van der Waals surface area contributed by atoms with Gasteiger partial charge in [-0.15, -0.1) is 11.8 Å². The minimum atomic E-state index is -0.458. The predicted octanol–water partition coefficient (Wildman–Crippen LogP) is 3.51. The Morgan fingerprint density at radius 3 is 2.37 bits per heavy atom. The summed E-state index contributed by atoms with van der Waals surface area (Å²) in [5, 5.41) is 6.62. The lowest BCUT2D eigenvalue weighted by Gasteiger charge is -2.50. The van der Waals surface area contributed by atoms with Gasteiger partial charge in [0.05, 0.1) is 23.6 Å². The van der Waals surface area contributed by atoms with Crippen LogP contribution in [0.2, 0.25) is 0 Å². The topological polar surface area (TPSA) is 64.7 Å². The van der Waals surface area contributed by atoms with Crippen LogP contribution in [0.4, 0.5) is 9.18 Å². The maximum Gasteiger partial charge on any atom is 0.327 e. The Kier molecular flexibility index (Phi) is 6.15. The summed E-state index contributed by atoms with van der Waals surface area (Å²) in [4.78, 5) is 28.2. The van der Waals surface area contributed by atoms with Crippen molar-refractivity contribution >= 4 is 39.6 Å². The molecule has 2 aliphatic rings. The lowest BCUT2D eigenvalue weighted by molar-refractivity contribution is -0.140. The number of amides is 3. The molecule has 2 aromatic rings. The molecule has 9 heteroatoms. The smallest absolute Gasteiger partial charge is 0.311 e. The summed E-state index contributed by atoms with van der Waals surface area (Å²) >= 11 is 5.07. The van der Waals surface area contributed by atoms with E-state index in [2.05, 4.69) is 26.6 Å². The summed E-state index contributed by atoms with van der Waals surface area (Å²) in [6.45, 7) is 0. The molecule has 2 fully saturated rings. The van der Waals surface area contributed by atoms with Gasteiger partial charge in [0, 0.05) is 24.3 Å². The molecule has 2 aromatic carbocycles. The summed E-state index contributed by atoms with van der Waals surface area (Å²) in [5.41, 5.74) is 1.98. The first-order chi connectivity index (χ1) is 14.3. The first kappa shape index (κ1) is 21.3. The number of benzene rings is 2. The van der Waals surface area contributed by atoms with Crippen LogP contribution in [-0.4, -0.2) is 47.4 Å². The third-order valence-electron chi connectivity index (χ3n) is 5.50. The van der Waals surface area contributed by atoms with Gasteiger partial charge in [-0.2, -0.15) is 0 Å². The zero-order chi connectivity index (χ0) is 21.4. The van der Waals surface area contributed by atoms with E-state index in [4.69, 9.17) is 0 Å². The first-order valence-electron chi connectivity index (χ1n) is 9.53. The maximum absolute atomic E-state index is 13.4. The quantitative estimate of drug-likeness (QED) is 0.683. The highest BCUT2D eigenvalue weighted by molar-refractivity contribution is 9.10. The SMILES string of the molecule is CN1C(=O)C2C(SCc3ccc(Br)cc3)NC(c3ccc(F)cc3)NC2N(C)C1=O. The molecule has 158 valence electrons. The van der Waals surface area contributed by atoms with Crippen LogP contribution in [-0.2, 0) is 10.5 Å². The normalized spacial score (nSPS) is 26.7. The Morgan fingerprint density at radius 2 is 1.70 bits per heavy atom. The van der Waals surface area contributed by atoms with Crippen LogP contribution < -0.4 is 10.6 Å². The fraction of sp³-hybridized carbons (Fsp3) is 0.333. The largest absolute Gasteiger partial charge is 0.327 e. The van der Waals surface area contributed by atoms with Gasteiger partial charge in [-0.3, -0.25) is 20.3 Å². The maximum atomic E-state index is 13.4. The average molecular weight is 493 g/mol. The Hall–Kier alpha value is -1.94. The summed E-state index contributed by atoms with van der Waals surface area (Å²) in [6, 6.07) is 13.9. The molecule has 2 N–H and O–H groups in total. The number of imide groups is 1. The number of urea groups is 1. The highest BCUT2D eigenvalue weighted by Crippen LogP contribution is 2.35. The van der Waals surface area contributed by atoms with E-state index >= 15 is 0 Å². The Bertz CT molecular complexity index is 943. The molecule has 2 heterocycles. The fourth-order valence-electron chi connectivity index (χ4n) is 3.81. The van der Waals surface area contributed by atoms with Crippen molar-refractivity contribution in [3.8, 4) is 0 Å².